The normalized spacial score (nSPS) is 10.8. The minimum Gasteiger partial charge on any atom is -0.383 e. The Labute approximate surface area is 126 Å². The van der Waals surface area contributed by atoms with Gasteiger partial charge in [0, 0.05) is 18.5 Å². The summed E-state index contributed by atoms with van der Waals surface area (Å²) in [6.45, 7) is 4.80. The first-order valence-electron chi connectivity index (χ1n) is 6.69. The number of thiazole rings is 1. The highest BCUT2D eigenvalue weighted by Gasteiger charge is 2.15. The van der Waals surface area contributed by atoms with Gasteiger partial charge in [-0.3, -0.25) is 13.9 Å². The second-order valence-electron chi connectivity index (χ2n) is 4.77. The van der Waals surface area contributed by atoms with Crippen LogP contribution >= 0.6 is 11.3 Å². The Morgan fingerprint density at radius 1 is 1.43 bits per heavy atom. The predicted octanol–water partition coefficient (Wildman–Crippen LogP) is 0.916. The fraction of sp³-hybridized carbons (Fsp3) is 0.462. The van der Waals surface area contributed by atoms with Crippen molar-refractivity contribution < 1.29 is 0 Å². The lowest BCUT2D eigenvalue weighted by Gasteiger charge is -2.15. The van der Waals surface area contributed by atoms with Crippen LogP contribution in [0.4, 0.5) is 11.5 Å². The van der Waals surface area contributed by atoms with Gasteiger partial charge in [-0.25, -0.2) is 9.78 Å². The lowest BCUT2D eigenvalue weighted by Crippen LogP contribution is -2.40. The van der Waals surface area contributed by atoms with Gasteiger partial charge in [0.25, 0.3) is 5.56 Å². The average molecular weight is 309 g/mol. The number of nitrogen functional groups attached to an aromatic ring is 1. The van der Waals surface area contributed by atoms with E-state index in [4.69, 9.17) is 5.73 Å². The third-order valence-electron chi connectivity index (χ3n) is 3.30. The summed E-state index contributed by atoms with van der Waals surface area (Å²) in [5.41, 5.74) is 8.13. The summed E-state index contributed by atoms with van der Waals surface area (Å²) in [7, 11) is 1.46. The van der Waals surface area contributed by atoms with Crippen molar-refractivity contribution in [1.29, 1.82) is 0 Å². The number of aryl methyl sites for hydroxylation is 1. The molecule has 0 atom stereocenters. The second-order valence-corrected chi connectivity index (χ2v) is 5.71. The second kappa shape index (κ2) is 6.13. The molecule has 2 aromatic heterocycles. The molecule has 0 saturated heterocycles. The van der Waals surface area contributed by atoms with Crippen molar-refractivity contribution in [3.8, 4) is 0 Å². The molecule has 0 bridgehead atoms. The Bertz CT molecular complexity index is 759. The first-order valence-corrected chi connectivity index (χ1v) is 7.57. The number of hydrogen-bond donors (Lipinski definition) is 2. The van der Waals surface area contributed by atoms with Crippen LogP contribution in [0.15, 0.2) is 15.1 Å². The third-order valence-corrected chi connectivity index (χ3v) is 4.24. The molecule has 0 unspecified atom stereocenters. The van der Waals surface area contributed by atoms with Gasteiger partial charge in [-0.15, -0.1) is 11.3 Å². The minimum absolute atomic E-state index is 0.187. The van der Waals surface area contributed by atoms with E-state index in [0.29, 0.717) is 13.1 Å². The molecule has 0 aromatic carbocycles. The van der Waals surface area contributed by atoms with E-state index in [2.05, 4.69) is 10.3 Å². The molecule has 0 aliphatic heterocycles. The van der Waals surface area contributed by atoms with Gasteiger partial charge in [-0.05, 0) is 13.3 Å². The topological polar surface area (TPSA) is 94.9 Å². The highest BCUT2D eigenvalue weighted by Crippen LogP contribution is 2.16. The summed E-state index contributed by atoms with van der Waals surface area (Å²) in [4.78, 5) is 29.4. The molecular formula is C13H19N5O2S. The highest BCUT2D eigenvalue weighted by atomic mass is 32.1. The summed E-state index contributed by atoms with van der Waals surface area (Å²) in [5.74, 6) is 0.187. The summed E-state index contributed by atoms with van der Waals surface area (Å²) < 4.78 is 2.50. The van der Waals surface area contributed by atoms with Crippen LogP contribution in [-0.2, 0) is 20.1 Å². The quantitative estimate of drug-likeness (QED) is 0.856. The van der Waals surface area contributed by atoms with Crippen molar-refractivity contribution in [3.63, 3.8) is 0 Å². The molecule has 0 aliphatic rings. The first kappa shape index (κ1) is 15.3. The Morgan fingerprint density at radius 2 is 2.14 bits per heavy atom. The largest absolute Gasteiger partial charge is 0.383 e. The van der Waals surface area contributed by atoms with Crippen molar-refractivity contribution in [1.82, 2.24) is 14.1 Å². The molecule has 2 aromatic rings. The molecule has 2 heterocycles. The van der Waals surface area contributed by atoms with E-state index in [-0.39, 0.29) is 17.2 Å². The van der Waals surface area contributed by atoms with Crippen molar-refractivity contribution in [2.24, 2.45) is 7.05 Å². The standard InChI is InChI=1S/C13H19N5O2S/c1-4-5-18-11(14)10(12(19)17(3)13(18)20)15-6-9-8(2)16-7-21-9/h7,15H,4-6,14H2,1-3H3. The maximum atomic E-state index is 12.2. The van der Waals surface area contributed by atoms with Gasteiger partial charge in [0.1, 0.15) is 11.5 Å². The Balaban J connectivity index is 2.41. The van der Waals surface area contributed by atoms with Crippen molar-refractivity contribution in [2.75, 3.05) is 11.1 Å². The number of nitrogens with two attached hydrogens (primary N) is 1. The lowest BCUT2D eigenvalue weighted by atomic mass is 10.3. The van der Waals surface area contributed by atoms with Gasteiger partial charge in [0.2, 0.25) is 0 Å². The number of rotatable bonds is 5. The molecule has 21 heavy (non-hydrogen) atoms. The molecule has 3 N–H and O–H groups in total. The highest BCUT2D eigenvalue weighted by molar-refractivity contribution is 7.09. The van der Waals surface area contributed by atoms with Crippen LogP contribution < -0.4 is 22.3 Å². The predicted molar refractivity (Wildman–Crippen MR) is 84.8 cm³/mol. The molecule has 114 valence electrons. The van der Waals surface area contributed by atoms with Crippen molar-refractivity contribution in [2.45, 2.75) is 33.4 Å². The fourth-order valence-corrected chi connectivity index (χ4v) is 2.77. The first-order chi connectivity index (χ1) is 9.97. The third kappa shape index (κ3) is 2.85. The summed E-state index contributed by atoms with van der Waals surface area (Å²) in [6.07, 6.45) is 0.760. The van der Waals surface area contributed by atoms with Gasteiger partial charge < -0.3 is 11.1 Å². The smallest absolute Gasteiger partial charge is 0.332 e. The van der Waals surface area contributed by atoms with E-state index in [0.717, 1.165) is 21.6 Å². The van der Waals surface area contributed by atoms with Crippen LogP contribution in [0.25, 0.3) is 0 Å². The molecule has 0 fully saturated rings. The number of nitrogens with zero attached hydrogens (tertiary/aromatic N) is 3. The Morgan fingerprint density at radius 3 is 2.71 bits per heavy atom. The molecule has 0 radical (unpaired) electrons. The van der Waals surface area contributed by atoms with E-state index < -0.39 is 5.56 Å². The molecule has 0 spiro atoms. The molecule has 2 rings (SSSR count). The van der Waals surface area contributed by atoms with E-state index in [9.17, 15) is 9.59 Å². The fourth-order valence-electron chi connectivity index (χ4n) is 2.05. The SMILES string of the molecule is CCCn1c(N)c(NCc2scnc2C)c(=O)n(C)c1=O. The molecule has 7 nitrogen and oxygen atoms in total. The lowest BCUT2D eigenvalue weighted by molar-refractivity contribution is 0.600. The van der Waals surface area contributed by atoms with Crippen molar-refractivity contribution >= 4 is 22.8 Å². The number of anilines is 2. The van der Waals surface area contributed by atoms with Crippen LogP contribution in [0.1, 0.15) is 23.9 Å². The van der Waals surface area contributed by atoms with Crippen LogP contribution in [0.2, 0.25) is 0 Å². The maximum Gasteiger partial charge on any atom is 0.332 e. The van der Waals surface area contributed by atoms with E-state index in [1.165, 1.54) is 23.0 Å². The maximum absolute atomic E-state index is 12.2. The van der Waals surface area contributed by atoms with Gasteiger partial charge >= 0.3 is 5.69 Å². The van der Waals surface area contributed by atoms with Gasteiger partial charge in [0.15, 0.2) is 0 Å². The van der Waals surface area contributed by atoms with Crippen LogP contribution in [0.3, 0.4) is 0 Å². The molecule has 0 saturated carbocycles. The molecule has 0 aliphatic carbocycles. The van der Waals surface area contributed by atoms with Gasteiger partial charge in [-0.2, -0.15) is 0 Å². The monoisotopic (exact) mass is 309 g/mol. The number of hydrogen-bond acceptors (Lipinski definition) is 6. The summed E-state index contributed by atoms with van der Waals surface area (Å²) in [5, 5.41) is 3.04. The summed E-state index contributed by atoms with van der Waals surface area (Å²) in [6, 6.07) is 0. The molecule has 0 amide bonds. The van der Waals surface area contributed by atoms with E-state index in [1.807, 2.05) is 13.8 Å². The zero-order valence-electron chi connectivity index (χ0n) is 12.3. The molecular weight excluding hydrogens is 290 g/mol. The number of nitrogens with one attached hydrogen (secondary N) is 1. The van der Waals surface area contributed by atoms with E-state index in [1.54, 1.807) is 5.51 Å². The van der Waals surface area contributed by atoms with Crippen LogP contribution in [0, 0.1) is 6.92 Å². The zero-order valence-corrected chi connectivity index (χ0v) is 13.2. The van der Waals surface area contributed by atoms with Gasteiger partial charge in [-0.1, -0.05) is 6.92 Å². The minimum atomic E-state index is -0.410. The Kier molecular flexibility index (Phi) is 4.46. The summed E-state index contributed by atoms with van der Waals surface area (Å²) >= 11 is 1.51. The van der Waals surface area contributed by atoms with E-state index >= 15 is 0 Å². The van der Waals surface area contributed by atoms with Gasteiger partial charge in [0.05, 0.1) is 17.7 Å². The number of aromatic nitrogens is 3. The van der Waals surface area contributed by atoms with Crippen LogP contribution in [-0.4, -0.2) is 14.1 Å². The average Bonchev–Trinajstić information content (AvgIpc) is 2.87. The van der Waals surface area contributed by atoms with Crippen LogP contribution in [0.5, 0.6) is 0 Å². The zero-order chi connectivity index (χ0) is 15.6. The Hall–Kier alpha value is -2.09. The molecule has 8 heteroatoms. The van der Waals surface area contributed by atoms with Crippen molar-refractivity contribution in [3.05, 3.63) is 36.9 Å².